The first-order valence-corrected chi connectivity index (χ1v) is 7.31. The molecule has 0 atom stereocenters. The Kier molecular flexibility index (Phi) is 4.82. The molecule has 4 heteroatoms. The summed E-state index contributed by atoms with van der Waals surface area (Å²) in [5.41, 5.74) is 2.80. The number of amides is 1. The highest BCUT2D eigenvalue weighted by atomic mass is 127. The van der Waals surface area contributed by atoms with Crippen LogP contribution in [0.15, 0.2) is 42.5 Å². The van der Waals surface area contributed by atoms with Gasteiger partial charge in [0, 0.05) is 3.57 Å². The fraction of sp³-hybridized carbons (Fsp3) is 0.133. The molecule has 1 N–H and O–H groups in total. The molecule has 2 rings (SSSR count). The van der Waals surface area contributed by atoms with Crippen LogP contribution in [-0.2, 0) is 11.2 Å². The van der Waals surface area contributed by atoms with Crippen LogP contribution in [-0.4, -0.2) is 5.91 Å². The highest BCUT2D eigenvalue weighted by Crippen LogP contribution is 2.24. The predicted molar refractivity (Wildman–Crippen MR) is 87.7 cm³/mol. The van der Waals surface area contributed by atoms with Gasteiger partial charge in [0.2, 0.25) is 5.91 Å². The first kappa shape index (κ1) is 14.3. The van der Waals surface area contributed by atoms with Crippen molar-refractivity contribution in [3.63, 3.8) is 0 Å². The normalized spacial score (nSPS) is 10.3. The minimum Gasteiger partial charge on any atom is -0.324 e. The zero-order valence-electron chi connectivity index (χ0n) is 10.4. The van der Waals surface area contributed by atoms with Crippen molar-refractivity contribution in [2.24, 2.45) is 0 Å². The van der Waals surface area contributed by atoms with E-state index in [2.05, 4.69) is 27.9 Å². The van der Waals surface area contributed by atoms with Crippen LogP contribution < -0.4 is 5.32 Å². The SMILES string of the molecule is Cc1ccccc1CC(=O)Nc1ccc(I)cc1Cl. The second-order valence-electron chi connectivity index (χ2n) is 4.28. The largest absolute Gasteiger partial charge is 0.324 e. The molecule has 0 spiro atoms. The molecule has 0 bridgehead atoms. The third-order valence-corrected chi connectivity index (χ3v) is 3.80. The molecule has 0 aliphatic rings. The van der Waals surface area contributed by atoms with Crippen LogP contribution in [0.1, 0.15) is 11.1 Å². The molecule has 2 nitrogen and oxygen atoms in total. The van der Waals surface area contributed by atoms with Crippen LogP contribution >= 0.6 is 34.2 Å². The fourth-order valence-corrected chi connectivity index (χ4v) is 2.67. The van der Waals surface area contributed by atoms with Crippen LogP contribution in [0.2, 0.25) is 5.02 Å². The lowest BCUT2D eigenvalue weighted by Crippen LogP contribution is -2.15. The molecule has 98 valence electrons. The van der Waals surface area contributed by atoms with Gasteiger partial charge in [0.1, 0.15) is 0 Å². The van der Waals surface area contributed by atoms with Gasteiger partial charge in [0.15, 0.2) is 0 Å². The molecular formula is C15H13ClINO. The minimum atomic E-state index is -0.0580. The summed E-state index contributed by atoms with van der Waals surface area (Å²) in [7, 11) is 0. The van der Waals surface area contributed by atoms with E-state index < -0.39 is 0 Å². The maximum atomic E-state index is 12.0. The van der Waals surface area contributed by atoms with E-state index in [4.69, 9.17) is 11.6 Å². The Balaban J connectivity index is 2.08. The highest BCUT2D eigenvalue weighted by Gasteiger charge is 2.08. The van der Waals surface area contributed by atoms with E-state index in [1.165, 1.54) is 0 Å². The second-order valence-corrected chi connectivity index (χ2v) is 5.93. The second kappa shape index (κ2) is 6.39. The van der Waals surface area contributed by atoms with E-state index in [1.54, 1.807) is 0 Å². The highest BCUT2D eigenvalue weighted by molar-refractivity contribution is 14.1. The number of carbonyl (C=O) groups is 1. The number of rotatable bonds is 3. The first-order valence-electron chi connectivity index (χ1n) is 5.85. The van der Waals surface area contributed by atoms with Crippen molar-refractivity contribution in [1.29, 1.82) is 0 Å². The summed E-state index contributed by atoms with van der Waals surface area (Å²) in [6.07, 6.45) is 0.356. The van der Waals surface area contributed by atoms with Crippen molar-refractivity contribution < 1.29 is 4.79 Å². The Morgan fingerprint density at radius 2 is 2.00 bits per heavy atom. The maximum absolute atomic E-state index is 12.0. The number of halogens is 2. The van der Waals surface area contributed by atoms with Crippen molar-refractivity contribution in [1.82, 2.24) is 0 Å². The summed E-state index contributed by atoms with van der Waals surface area (Å²) in [4.78, 5) is 12.0. The summed E-state index contributed by atoms with van der Waals surface area (Å²) in [5, 5.41) is 3.40. The third-order valence-electron chi connectivity index (χ3n) is 2.82. The third kappa shape index (κ3) is 3.94. The number of aryl methyl sites for hydroxylation is 1. The van der Waals surface area contributed by atoms with E-state index in [1.807, 2.05) is 49.4 Å². The molecule has 0 radical (unpaired) electrons. The van der Waals surface area contributed by atoms with Gasteiger partial charge in [0.25, 0.3) is 0 Å². The maximum Gasteiger partial charge on any atom is 0.228 e. The molecule has 19 heavy (non-hydrogen) atoms. The first-order chi connectivity index (χ1) is 9.06. The molecule has 0 saturated heterocycles. The van der Waals surface area contributed by atoms with Crippen molar-refractivity contribution in [3.8, 4) is 0 Å². The van der Waals surface area contributed by atoms with Crippen molar-refractivity contribution in [2.75, 3.05) is 5.32 Å². The van der Waals surface area contributed by atoms with Crippen LogP contribution in [0.25, 0.3) is 0 Å². The van der Waals surface area contributed by atoms with Gasteiger partial charge in [-0.2, -0.15) is 0 Å². The summed E-state index contributed by atoms with van der Waals surface area (Å²) in [6, 6.07) is 13.4. The van der Waals surface area contributed by atoms with Gasteiger partial charge < -0.3 is 5.32 Å². The average Bonchev–Trinajstić information content (AvgIpc) is 2.36. The van der Waals surface area contributed by atoms with Crippen LogP contribution in [0.3, 0.4) is 0 Å². The Morgan fingerprint density at radius 1 is 1.26 bits per heavy atom. The van der Waals surface area contributed by atoms with Crippen LogP contribution in [0.4, 0.5) is 5.69 Å². The molecule has 0 heterocycles. The Bertz CT molecular complexity index is 613. The number of hydrogen-bond donors (Lipinski definition) is 1. The number of carbonyl (C=O) groups excluding carboxylic acids is 1. The van der Waals surface area contributed by atoms with Gasteiger partial charge in [-0.05, 0) is 58.8 Å². The molecule has 0 aromatic heterocycles. The van der Waals surface area contributed by atoms with Crippen LogP contribution in [0, 0.1) is 10.5 Å². The fourth-order valence-electron chi connectivity index (χ4n) is 1.77. The minimum absolute atomic E-state index is 0.0580. The Hall–Kier alpha value is -1.07. The lowest BCUT2D eigenvalue weighted by Gasteiger charge is -2.09. The molecular weight excluding hydrogens is 373 g/mol. The molecule has 2 aromatic rings. The smallest absolute Gasteiger partial charge is 0.228 e. The molecule has 0 aliphatic carbocycles. The quantitative estimate of drug-likeness (QED) is 0.778. The zero-order valence-corrected chi connectivity index (χ0v) is 13.3. The number of hydrogen-bond acceptors (Lipinski definition) is 1. The van der Waals surface area contributed by atoms with Crippen molar-refractivity contribution >= 4 is 45.8 Å². The number of benzene rings is 2. The molecule has 2 aromatic carbocycles. The molecule has 0 aliphatic heterocycles. The van der Waals surface area contributed by atoms with E-state index in [9.17, 15) is 4.79 Å². The standard InChI is InChI=1S/C15H13ClINO/c1-10-4-2-3-5-11(10)8-15(19)18-14-7-6-12(17)9-13(14)16/h2-7,9H,8H2,1H3,(H,18,19). The zero-order chi connectivity index (χ0) is 13.8. The van der Waals surface area contributed by atoms with Gasteiger partial charge in [-0.3, -0.25) is 4.79 Å². The van der Waals surface area contributed by atoms with Gasteiger partial charge in [-0.15, -0.1) is 0 Å². The molecule has 0 unspecified atom stereocenters. The molecule has 0 saturated carbocycles. The van der Waals surface area contributed by atoms with E-state index in [-0.39, 0.29) is 5.91 Å². The summed E-state index contributed by atoms with van der Waals surface area (Å²) >= 11 is 8.27. The lowest BCUT2D eigenvalue weighted by atomic mass is 10.1. The summed E-state index contributed by atoms with van der Waals surface area (Å²) in [5.74, 6) is -0.0580. The Morgan fingerprint density at radius 3 is 2.68 bits per heavy atom. The molecule has 1 amide bonds. The van der Waals surface area contributed by atoms with Gasteiger partial charge in [-0.25, -0.2) is 0 Å². The average molecular weight is 386 g/mol. The number of nitrogens with one attached hydrogen (secondary N) is 1. The topological polar surface area (TPSA) is 29.1 Å². The van der Waals surface area contributed by atoms with Gasteiger partial charge in [0.05, 0.1) is 17.1 Å². The lowest BCUT2D eigenvalue weighted by molar-refractivity contribution is -0.115. The van der Waals surface area contributed by atoms with E-state index in [0.717, 1.165) is 14.7 Å². The van der Waals surface area contributed by atoms with E-state index in [0.29, 0.717) is 17.1 Å². The predicted octanol–water partition coefficient (Wildman–Crippen LogP) is 4.43. The van der Waals surface area contributed by atoms with E-state index >= 15 is 0 Å². The molecule has 0 fully saturated rings. The van der Waals surface area contributed by atoms with Gasteiger partial charge >= 0.3 is 0 Å². The van der Waals surface area contributed by atoms with Crippen molar-refractivity contribution in [2.45, 2.75) is 13.3 Å². The summed E-state index contributed by atoms with van der Waals surface area (Å²) < 4.78 is 1.04. The monoisotopic (exact) mass is 385 g/mol. The van der Waals surface area contributed by atoms with Crippen molar-refractivity contribution in [3.05, 3.63) is 62.2 Å². The van der Waals surface area contributed by atoms with Crippen LogP contribution in [0.5, 0.6) is 0 Å². The van der Waals surface area contributed by atoms with Gasteiger partial charge in [-0.1, -0.05) is 35.9 Å². The Labute approximate surface area is 131 Å². The summed E-state index contributed by atoms with van der Waals surface area (Å²) in [6.45, 7) is 2.00. The number of anilines is 1.